The molecule has 0 saturated carbocycles. The number of aliphatic hydroxyl groups excluding tert-OH is 1. The number of nitrogens with zero attached hydrogens (tertiary/aromatic N) is 2. The molecular weight excluding hydrogens is 456 g/mol. The van der Waals surface area contributed by atoms with Crippen molar-refractivity contribution in [1.82, 2.24) is 4.98 Å². The van der Waals surface area contributed by atoms with Crippen molar-refractivity contribution >= 4 is 39.1 Å². The van der Waals surface area contributed by atoms with Gasteiger partial charge in [0.1, 0.15) is 11.8 Å². The number of para-hydroxylation sites is 2. The van der Waals surface area contributed by atoms with E-state index in [0.29, 0.717) is 33.2 Å². The van der Waals surface area contributed by atoms with Crippen LogP contribution < -0.4 is 14.4 Å². The lowest BCUT2D eigenvalue weighted by molar-refractivity contribution is -0.117. The Labute approximate surface area is 198 Å². The predicted molar refractivity (Wildman–Crippen MR) is 127 cm³/mol. The lowest BCUT2D eigenvalue weighted by Crippen LogP contribution is -2.31. The molecule has 0 bridgehead atoms. The zero-order valence-electron chi connectivity index (χ0n) is 18.6. The summed E-state index contributed by atoms with van der Waals surface area (Å²) in [6.45, 7) is 1.81. The van der Waals surface area contributed by atoms with Crippen molar-refractivity contribution < 1.29 is 28.6 Å². The van der Waals surface area contributed by atoms with E-state index in [1.807, 2.05) is 0 Å². The molecule has 2 aromatic carbocycles. The van der Waals surface area contributed by atoms with Gasteiger partial charge in [0.2, 0.25) is 5.78 Å². The third-order valence-corrected chi connectivity index (χ3v) is 6.61. The lowest BCUT2D eigenvalue weighted by atomic mass is 9.94. The smallest absolute Gasteiger partial charge is 0.296 e. The summed E-state index contributed by atoms with van der Waals surface area (Å²) in [6, 6.07) is 12.9. The number of carbonyl (C=O) groups is 2. The fraction of sp³-hybridized carbons (Fsp3) is 0.160. The Kier molecular flexibility index (Phi) is 5.33. The Morgan fingerprint density at radius 3 is 2.56 bits per heavy atom. The van der Waals surface area contributed by atoms with E-state index in [2.05, 4.69) is 4.98 Å². The third-order valence-electron chi connectivity index (χ3n) is 5.65. The number of anilines is 1. The topological polar surface area (TPSA) is 102 Å². The number of thiazole rings is 1. The van der Waals surface area contributed by atoms with Crippen LogP contribution in [0.4, 0.5) is 5.13 Å². The monoisotopic (exact) mass is 476 g/mol. The van der Waals surface area contributed by atoms with Crippen LogP contribution in [0.15, 0.2) is 69.7 Å². The molecule has 0 fully saturated rings. The summed E-state index contributed by atoms with van der Waals surface area (Å²) in [5.41, 5.74) is 1.54. The third kappa shape index (κ3) is 3.32. The number of ether oxygens (including phenoxy) is 2. The summed E-state index contributed by atoms with van der Waals surface area (Å²) in [5, 5.41) is 13.8. The maximum atomic E-state index is 13.7. The van der Waals surface area contributed by atoms with Gasteiger partial charge in [-0.1, -0.05) is 30.3 Å². The molecule has 0 aliphatic carbocycles. The quantitative estimate of drug-likeness (QED) is 0.391. The van der Waals surface area contributed by atoms with E-state index < -0.39 is 23.5 Å². The lowest BCUT2D eigenvalue weighted by Gasteiger charge is -2.25. The van der Waals surface area contributed by atoms with E-state index in [0.717, 1.165) is 5.69 Å². The largest absolute Gasteiger partial charge is 0.503 e. The van der Waals surface area contributed by atoms with Crippen LogP contribution in [0.5, 0.6) is 11.5 Å². The van der Waals surface area contributed by atoms with Crippen molar-refractivity contribution in [2.24, 2.45) is 0 Å². The van der Waals surface area contributed by atoms with E-state index in [-0.39, 0.29) is 11.3 Å². The Balaban J connectivity index is 1.69. The highest BCUT2D eigenvalue weighted by molar-refractivity contribution is 7.14. The molecule has 5 rings (SSSR count). The molecule has 1 atom stereocenters. The van der Waals surface area contributed by atoms with Gasteiger partial charge >= 0.3 is 0 Å². The van der Waals surface area contributed by atoms with E-state index in [4.69, 9.17) is 13.9 Å². The average Bonchev–Trinajstić information content (AvgIpc) is 3.54. The van der Waals surface area contributed by atoms with Crippen molar-refractivity contribution in [3.63, 3.8) is 0 Å². The highest BCUT2D eigenvalue weighted by atomic mass is 32.1. The number of benzene rings is 2. The fourth-order valence-corrected chi connectivity index (χ4v) is 4.94. The molecule has 9 heteroatoms. The minimum absolute atomic E-state index is 0.0223. The number of aliphatic hydroxyl groups is 1. The minimum Gasteiger partial charge on any atom is -0.503 e. The molecule has 8 nitrogen and oxygen atoms in total. The molecule has 34 heavy (non-hydrogen) atoms. The molecule has 0 radical (unpaired) electrons. The van der Waals surface area contributed by atoms with Crippen LogP contribution in [0.3, 0.4) is 0 Å². The second-order valence-electron chi connectivity index (χ2n) is 7.67. The van der Waals surface area contributed by atoms with Crippen LogP contribution in [0.25, 0.3) is 11.0 Å². The highest BCUT2D eigenvalue weighted by Gasteiger charge is 2.47. The van der Waals surface area contributed by atoms with Gasteiger partial charge in [0.05, 0.1) is 25.5 Å². The van der Waals surface area contributed by atoms with Gasteiger partial charge in [0.25, 0.3) is 5.91 Å². The zero-order valence-corrected chi connectivity index (χ0v) is 19.4. The molecule has 172 valence electrons. The first kappa shape index (κ1) is 21.7. The number of furan rings is 1. The van der Waals surface area contributed by atoms with Gasteiger partial charge in [0.15, 0.2) is 28.0 Å². The Hall–Kier alpha value is -4.11. The molecule has 0 spiro atoms. The van der Waals surface area contributed by atoms with Gasteiger partial charge in [0, 0.05) is 16.3 Å². The second kappa shape index (κ2) is 8.35. The molecule has 4 aromatic rings. The number of hydrogen-bond donors (Lipinski definition) is 1. The number of ketones is 1. The standard InChI is InChI=1S/C25H20N2O6S/c1-13-12-34-25(26-13)27-20(15-8-4-5-9-16(15)31-2)19(22(29)24(27)30)21(28)18-11-14-7-6-10-17(32-3)23(14)33-18/h4-12,20,29H,1-3H3. The number of fused-ring (bicyclic) bond motifs is 1. The zero-order chi connectivity index (χ0) is 24.0. The first-order valence-corrected chi connectivity index (χ1v) is 11.3. The molecule has 1 aliphatic rings. The van der Waals surface area contributed by atoms with Gasteiger partial charge in [-0.25, -0.2) is 4.98 Å². The van der Waals surface area contributed by atoms with Gasteiger partial charge in [-0.05, 0) is 25.1 Å². The van der Waals surface area contributed by atoms with Crippen LogP contribution in [0.2, 0.25) is 0 Å². The molecular formula is C25H20N2O6S. The predicted octanol–water partition coefficient (Wildman–Crippen LogP) is 5.00. The number of aryl methyl sites for hydroxylation is 1. The number of hydrogen-bond acceptors (Lipinski definition) is 8. The Morgan fingerprint density at radius 1 is 1.12 bits per heavy atom. The van der Waals surface area contributed by atoms with Crippen LogP contribution in [-0.4, -0.2) is 36.0 Å². The second-order valence-corrected chi connectivity index (χ2v) is 8.51. The number of amides is 1. The first-order chi connectivity index (χ1) is 16.4. The number of rotatable bonds is 6. The maximum Gasteiger partial charge on any atom is 0.296 e. The summed E-state index contributed by atoms with van der Waals surface area (Å²) in [5.74, 6) is -1.08. The number of aromatic nitrogens is 1. The first-order valence-electron chi connectivity index (χ1n) is 10.4. The van der Waals surface area contributed by atoms with Crippen LogP contribution in [0.1, 0.15) is 27.9 Å². The highest BCUT2D eigenvalue weighted by Crippen LogP contribution is 2.45. The molecule has 3 heterocycles. The van der Waals surface area contributed by atoms with Gasteiger partial charge in [-0.2, -0.15) is 0 Å². The van der Waals surface area contributed by atoms with Crippen molar-refractivity contribution in [2.45, 2.75) is 13.0 Å². The Bertz CT molecular complexity index is 1470. The molecule has 1 amide bonds. The van der Waals surface area contributed by atoms with E-state index in [9.17, 15) is 14.7 Å². The average molecular weight is 477 g/mol. The summed E-state index contributed by atoms with van der Waals surface area (Å²) in [7, 11) is 3.01. The van der Waals surface area contributed by atoms with Crippen molar-refractivity contribution in [3.05, 3.63) is 82.3 Å². The van der Waals surface area contributed by atoms with E-state index in [1.165, 1.54) is 30.5 Å². The SMILES string of the molecule is COc1ccccc1C1C(C(=O)c2cc3cccc(OC)c3o2)=C(O)C(=O)N1c1nc(C)cs1. The van der Waals surface area contributed by atoms with E-state index >= 15 is 0 Å². The van der Waals surface area contributed by atoms with Crippen molar-refractivity contribution in [2.75, 3.05) is 19.1 Å². The van der Waals surface area contributed by atoms with Crippen molar-refractivity contribution in [3.8, 4) is 11.5 Å². The molecule has 1 aliphatic heterocycles. The molecule has 2 aromatic heterocycles. The molecule has 1 N–H and O–H groups in total. The Morgan fingerprint density at radius 2 is 1.85 bits per heavy atom. The summed E-state index contributed by atoms with van der Waals surface area (Å²) in [6.07, 6.45) is 0. The normalized spacial score (nSPS) is 15.9. The van der Waals surface area contributed by atoms with Crippen LogP contribution >= 0.6 is 11.3 Å². The summed E-state index contributed by atoms with van der Waals surface area (Å²) >= 11 is 1.25. The minimum atomic E-state index is -0.961. The summed E-state index contributed by atoms with van der Waals surface area (Å²) in [4.78, 5) is 32.8. The number of Topliss-reactive ketones (excluding diaryl/α,β-unsaturated/α-hetero) is 1. The van der Waals surface area contributed by atoms with Gasteiger partial charge in [-0.3, -0.25) is 14.5 Å². The van der Waals surface area contributed by atoms with Gasteiger partial charge < -0.3 is 19.0 Å². The molecule has 1 unspecified atom stereocenters. The van der Waals surface area contributed by atoms with Crippen molar-refractivity contribution in [1.29, 1.82) is 0 Å². The van der Waals surface area contributed by atoms with Gasteiger partial charge in [-0.15, -0.1) is 11.3 Å². The van der Waals surface area contributed by atoms with Crippen LogP contribution in [-0.2, 0) is 4.79 Å². The fourth-order valence-electron chi connectivity index (χ4n) is 4.11. The molecule has 0 saturated heterocycles. The van der Waals surface area contributed by atoms with Crippen LogP contribution in [0, 0.1) is 6.92 Å². The number of carbonyl (C=O) groups excluding carboxylic acids is 2. The number of methoxy groups -OCH3 is 2. The van der Waals surface area contributed by atoms with E-state index in [1.54, 1.807) is 60.8 Å². The maximum absolute atomic E-state index is 13.7. The summed E-state index contributed by atoms with van der Waals surface area (Å²) < 4.78 is 16.7.